The zero-order chi connectivity index (χ0) is 18.4. The number of fused-ring (bicyclic) bond motifs is 1. The van der Waals surface area contributed by atoms with Gasteiger partial charge in [0, 0.05) is 12.1 Å². The van der Waals surface area contributed by atoms with Crippen molar-refractivity contribution in [1.29, 1.82) is 0 Å². The van der Waals surface area contributed by atoms with Crippen molar-refractivity contribution in [2.75, 3.05) is 25.2 Å². The summed E-state index contributed by atoms with van der Waals surface area (Å²) in [6, 6.07) is 3.54. The number of rotatable bonds is 8. The van der Waals surface area contributed by atoms with Gasteiger partial charge in [0.25, 0.3) is 0 Å². The second-order valence-corrected chi connectivity index (χ2v) is 8.62. The summed E-state index contributed by atoms with van der Waals surface area (Å²) in [6.45, 7) is 4.47. The van der Waals surface area contributed by atoms with Crippen LogP contribution in [0.1, 0.15) is 20.3 Å². The Labute approximate surface area is 152 Å². The molecule has 0 aromatic heterocycles. The number of hydrogen-bond donors (Lipinski definition) is 2. The third kappa shape index (κ3) is 5.52. The summed E-state index contributed by atoms with van der Waals surface area (Å²) in [5.41, 5.74) is 0. The molecule has 0 aliphatic carbocycles. The Morgan fingerprint density at radius 1 is 1.24 bits per heavy atom. The quantitative estimate of drug-likeness (QED) is 0.699. The Bertz CT molecular complexity index is 706. The van der Waals surface area contributed by atoms with Gasteiger partial charge in [-0.25, -0.2) is 8.42 Å². The van der Waals surface area contributed by atoms with Gasteiger partial charge < -0.3 is 14.8 Å². The van der Waals surface area contributed by atoms with Crippen LogP contribution in [-0.4, -0.2) is 51.6 Å². The number of thioether (sulfide) groups is 1. The lowest BCUT2D eigenvalue weighted by atomic mass is 10.2. The van der Waals surface area contributed by atoms with E-state index in [1.165, 1.54) is 12.1 Å². The molecule has 0 saturated carbocycles. The van der Waals surface area contributed by atoms with Gasteiger partial charge in [-0.05, 0) is 44.4 Å². The van der Waals surface area contributed by atoms with E-state index in [-0.39, 0.29) is 16.8 Å². The van der Waals surface area contributed by atoms with Crippen LogP contribution in [0.4, 0.5) is 0 Å². The van der Waals surface area contributed by atoms with Crippen LogP contribution in [0.3, 0.4) is 0 Å². The molecule has 0 saturated heterocycles. The van der Waals surface area contributed by atoms with Crippen LogP contribution in [0.2, 0.25) is 0 Å². The molecule has 0 radical (unpaired) electrons. The molecular weight excluding hydrogens is 364 g/mol. The molecular formula is C16H24N2O5S2. The molecule has 1 aromatic rings. The summed E-state index contributed by atoms with van der Waals surface area (Å²) >= 11 is 1.56. The summed E-state index contributed by atoms with van der Waals surface area (Å²) in [5, 5.41) is 2.76. The van der Waals surface area contributed by atoms with E-state index in [9.17, 15) is 13.2 Å². The molecule has 1 aliphatic rings. The van der Waals surface area contributed by atoms with Crippen LogP contribution in [-0.2, 0) is 14.8 Å². The monoisotopic (exact) mass is 388 g/mol. The highest BCUT2D eigenvalue weighted by Gasteiger charge is 2.27. The van der Waals surface area contributed by atoms with Crippen LogP contribution in [0.15, 0.2) is 23.1 Å². The number of carbonyl (C=O) groups is 1. The first-order chi connectivity index (χ1) is 11.8. The van der Waals surface area contributed by atoms with Crippen molar-refractivity contribution < 1.29 is 22.7 Å². The van der Waals surface area contributed by atoms with Gasteiger partial charge in [0.1, 0.15) is 19.3 Å². The van der Waals surface area contributed by atoms with E-state index in [0.29, 0.717) is 36.9 Å². The van der Waals surface area contributed by atoms with Crippen molar-refractivity contribution in [3.63, 3.8) is 0 Å². The van der Waals surface area contributed by atoms with Crippen LogP contribution in [0.5, 0.6) is 11.5 Å². The molecule has 7 nitrogen and oxygen atoms in total. The Kier molecular flexibility index (Phi) is 6.97. The maximum Gasteiger partial charge on any atom is 0.241 e. The molecule has 1 heterocycles. The van der Waals surface area contributed by atoms with Crippen LogP contribution in [0, 0.1) is 0 Å². The maximum absolute atomic E-state index is 12.7. The minimum Gasteiger partial charge on any atom is -0.486 e. The molecule has 2 N–H and O–H groups in total. The predicted octanol–water partition coefficient (Wildman–Crippen LogP) is 1.38. The van der Waals surface area contributed by atoms with Crippen molar-refractivity contribution in [3.05, 3.63) is 18.2 Å². The third-order valence-corrected chi connectivity index (χ3v) is 5.59. The van der Waals surface area contributed by atoms with Gasteiger partial charge in [-0.15, -0.1) is 0 Å². The van der Waals surface area contributed by atoms with Crippen molar-refractivity contribution >= 4 is 27.7 Å². The Morgan fingerprint density at radius 3 is 2.56 bits per heavy atom. The number of sulfonamides is 1. The van der Waals surface area contributed by atoms with Gasteiger partial charge in [-0.2, -0.15) is 16.5 Å². The van der Waals surface area contributed by atoms with E-state index in [0.717, 1.165) is 0 Å². The number of nitrogens with one attached hydrogen (secondary N) is 2. The topological polar surface area (TPSA) is 93.7 Å². The fraction of sp³-hybridized carbons (Fsp3) is 0.562. The number of amides is 1. The number of hydrogen-bond acceptors (Lipinski definition) is 6. The van der Waals surface area contributed by atoms with E-state index >= 15 is 0 Å². The van der Waals surface area contributed by atoms with Gasteiger partial charge in [-0.1, -0.05) is 0 Å². The molecule has 1 atom stereocenters. The molecule has 1 aromatic carbocycles. The first-order valence-corrected chi connectivity index (χ1v) is 10.9. The number of ether oxygens (including phenoxy) is 2. The second kappa shape index (κ2) is 8.77. The Balaban J connectivity index is 2.19. The fourth-order valence-corrected chi connectivity index (χ4v) is 4.03. The zero-order valence-corrected chi connectivity index (χ0v) is 16.2. The van der Waals surface area contributed by atoms with Gasteiger partial charge in [0.15, 0.2) is 11.5 Å². The summed E-state index contributed by atoms with van der Waals surface area (Å²) in [6.07, 6.45) is 2.32. The highest BCUT2D eigenvalue weighted by atomic mass is 32.2. The van der Waals surface area contributed by atoms with Crippen molar-refractivity contribution in [2.24, 2.45) is 0 Å². The van der Waals surface area contributed by atoms with E-state index in [2.05, 4.69) is 10.0 Å². The molecule has 140 valence electrons. The Hall–Kier alpha value is -1.45. The molecule has 0 unspecified atom stereocenters. The minimum atomic E-state index is -3.86. The van der Waals surface area contributed by atoms with Gasteiger partial charge in [-0.3, -0.25) is 4.79 Å². The van der Waals surface area contributed by atoms with Crippen LogP contribution < -0.4 is 19.5 Å². The first kappa shape index (κ1) is 19.9. The van der Waals surface area contributed by atoms with Gasteiger partial charge in [0.05, 0.1) is 4.90 Å². The summed E-state index contributed by atoms with van der Waals surface area (Å²) in [7, 11) is -3.86. The van der Waals surface area contributed by atoms with E-state index in [4.69, 9.17) is 9.47 Å². The minimum absolute atomic E-state index is 0.0447. The molecule has 0 fully saturated rings. The van der Waals surface area contributed by atoms with Crippen LogP contribution in [0.25, 0.3) is 0 Å². The third-order valence-electron chi connectivity index (χ3n) is 3.48. The molecule has 9 heteroatoms. The SMILES string of the molecule is CSCC[C@H](NS(=O)(=O)c1ccc2c(c1)OCCO2)C(=O)NC(C)C. The van der Waals surface area contributed by atoms with Gasteiger partial charge >= 0.3 is 0 Å². The standard InChI is InChI=1S/C16H24N2O5S2/c1-11(2)17-16(19)13(6-9-24-3)18-25(20,21)12-4-5-14-15(10-12)23-8-7-22-14/h4-5,10-11,13,18H,6-9H2,1-3H3,(H,17,19)/t13-/m0/s1. The highest BCUT2D eigenvalue weighted by Crippen LogP contribution is 2.32. The zero-order valence-electron chi connectivity index (χ0n) is 14.6. The fourth-order valence-electron chi connectivity index (χ4n) is 2.31. The predicted molar refractivity (Wildman–Crippen MR) is 97.8 cm³/mol. The van der Waals surface area contributed by atoms with E-state index in [1.807, 2.05) is 20.1 Å². The normalized spacial score (nSPS) is 15.0. The summed E-state index contributed by atoms with van der Waals surface area (Å²) in [4.78, 5) is 12.4. The Morgan fingerprint density at radius 2 is 1.92 bits per heavy atom. The van der Waals surface area contributed by atoms with Gasteiger partial charge in [0.2, 0.25) is 15.9 Å². The lowest BCUT2D eigenvalue weighted by Gasteiger charge is -2.21. The lowest BCUT2D eigenvalue weighted by molar-refractivity contribution is -0.123. The number of benzene rings is 1. The first-order valence-electron chi connectivity index (χ1n) is 8.05. The van der Waals surface area contributed by atoms with Crippen molar-refractivity contribution in [1.82, 2.24) is 10.0 Å². The average molecular weight is 389 g/mol. The second-order valence-electron chi connectivity index (χ2n) is 5.92. The molecule has 0 spiro atoms. The number of carbonyl (C=O) groups excluding carboxylic acids is 1. The molecule has 1 aliphatic heterocycles. The van der Waals surface area contributed by atoms with Crippen molar-refractivity contribution in [2.45, 2.75) is 37.2 Å². The maximum atomic E-state index is 12.7. The van der Waals surface area contributed by atoms with E-state index in [1.54, 1.807) is 17.8 Å². The van der Waals surface area contributed by atoms with Crippen LogP contribution >= 0.6 is 11.8 Å². The lowest BCUT2D eigenvalue weighted by Crippen LogP contribution is -2.48. The van der Waals surface area contributed by atoms with Crippen molar-refractivity contribution in [3.8, 4) is 11.5 Å². The molecule has 25 heavy (non-hydrogen) atoms. The highest BCUT2D eigenvalue weighted by molar-refractivity contribution is 7.98. The molecule has 2 rings (SSSR count). The smallest absolute Gasteiger partial charge is 0.241 e. The average Bonchev–Trinajstić information content (AvgIpc) is 2.57. The summed E-state index contributed by atoms with van der Waals surface area (Å²) < 4.78 is 38.7. The largest absolute Gasteiger partial charge is 0.486 e. The molecule has 0 bridgehead atoms. The summed E-state index contributed by atoms with van der Waals surface area (Å²) in [5.74, 6) is 1.24. The van der Waals surface area contributed by atoms with E-state index < -0.39 is 16.1 Å². The molecule has 1 amide bonds.